The molecule has 1 saturated heterocycles. The Morgan fingerprint density at radius 2 is 2.00 bits per heavy atom. The molecule has 0 unspecified atom stereocenters. The molecule has 1 fully saturated rings. The normalized spacial score (nSPS) is 18.3. The maximum atomic E-state index is 14.8. The third-order valence-electron chi connectivity index (χ3n) is 6.23. The lowest BCUT2D eigenvalue weighted by molar-refractivity contribution is -0.0686. The van der Waals surface area contributed by atoms with Gasteiger partial charge in [-0.1, -0.05) is 23.7 Å². The van der Waals surface area contributed by atoms with E-state index in [2.05, 4.69) is 20.3 Å². The molecule has 170 valence electrons. The lowest BCUT2D eigenvalue weighted by Gasteiger charge is -2.44. The van der Waals surface area contributed by atoms with Crippen LogP contribution in [0.15, 0.2) is 55.1 Å². The number of hydrogen-bond acceptors (Lipinski definition) is 5. The van der Waals surface area contributed by atoms with E-state index in [1.165, 1.54) is 29.5 Å². The molecular formula is C23H26ClF2N5O. The van der Waals surface area contributed by atoms with Gasteiger partial charge in [-0.2, -0.15) is 5.10 Å². The van der Waals surface area contributed by atoms with Crippen molar-refractivity contribution < 1.29 is 13.9 Å². The van der Waals surface area contributed by atoms with E-state index < -0.39 is 23.3 Å². The molecule has 1 aliphatic rings. The van der Waals surface area contributed by atoms with E-state index in [0.29, 0.717) is 18.1 Å². The van der Waals surface area contributed by atoms with Gasteiger partial charge in [0.15, 0.2) is 0 Å². The van der Waals surface area contributed by atoms with Gasteiger partial charge in [0.05, 0.1) is 6.54 Å². The molecule has 3 aromatic rings. The Bertz CT molecular complexity index is 1040. The van der Waals surface area contributed by atoms with Gasteiger partial charge < -0.3 is 10.4 Å². The first kappa shape index (κ1) is 22.6. The van der Waals surface area contributed by atoms with E-state index in [0.717, 1.165) is 24.6 Å². The van der Waals surface area contributed by atoms with E-state index in [-0.39, 0.29) is 18.2 Å². The largest absolute Gasteiger partial charge is 0.382 e. The van der Waals surface area contributed by atoms with Crippen LogP contribution in [0.25, 0.3) is 0 Å². The zero-order valence-electron chi connectivity index (χ0n) is 17.8. The fraction of sp³-hybridized carbons (Fsp3) is 0.391. The fourth-order valence-corrected chi connectivity index (χ4v) is 4.58. The Balaban J connectivity index is 1.51. The van der Waals surface area contributed by atoms with E-state index in [1.807, 2.05) is 31.2 Å². The number of aromatic nitrogens is 3. The van der Waals surface area contributed by atoms with Gasteiger partial charge >= 0.3 is 0 Å². The number of benzene rings is 2. The molecule has 2 N–H and O–H groups in total. The zero-order valence-corrected chi connectivity index (χ0v) is 18.5. The Morgan fingerprint density at radius 3 is 2.66 bits per heavy atom. The van der Waals surface area contributed by atoms with Crippen LogP contribution in [0.5, 0.6) is 0 Å². The molecule has 2 heterocycles. The maximum Gasteiger partial charge on any atom is 0.137 e. The summed E-state index contributed by atoms with van der Waals surface area (Å²) in [6.07, 6.45) is 4.53. The van der Waals surface area contributed by atoms with Crippen LogP contribution in [0.3, 0.4) is 0 Å². The summed E-state index contributed by atoms with van der Waals surface area (Å²) in [6.45, 7) is 3.28. The minimum atomic E-state index is -1.63. The molecular weight excluding hydrogens is 436 g/mol. The van der Waals surface area contributed by atoms with Crippen molar-refractivity contribution in [2.45, 2.75) is 44.0 Å². The molecule has 0 saturated carbocycles. The van der Waals surface area contributed by atoms with Gasteiger partial charge in [-0.05, 0) is 44.0 Å². The van der Waals surface area contributed by atoms with Gasteiger partial charge in [-0.15, -0.1) is 0 Å². The number of rotatable bonds is 7. The van der Waals surface area contributed by atoms with Gasteiger partial charge in [-0.25, -0.2) is 18.4 Å². The lowest BCUT2D eigenvalue weighted by atomic mass is 9.84. The molecule has 32 heavy (non-hydrogen) atoms. The second-order valence-electron chi connectivity index (χ2n) is 8.28. The van der Waals surface area contributed by atoms with Crippen molar-refractivity contribution in [2.75, 3.05) is 18.4 Å². The first-order valence-corrected chi connectivity index (χ1v) is 11.0. The first-order valence-electron chi connectivity index (χ1n) is 10.6. The van der Waals surface area contributed by atoms with Crippen molar-refractivity contribution in [3.63, 3.8) is 0 Å². The second kappa shape index (κ2) is 9.52. The molecule has 0 aliphatic carbocycles. The van der Waals surface area contributed by atoms with Gasteiger partial charge in [0.1, 0.15) is 29.9 Å². The highest BCUT2D eigenvalue weighted by molar-refractivity contribution is 6.30. The van der Waals surface area contributed by atoms with Crippen LogP contribution >= 0.6 is 11.6 Å². The van der Waals surface area contributed by atoms with Crippen molar-refractivity contribution in [3.05, 3.63) is 77.3 Å². The second-order valence-corrected chi connectivity index (χ2v) is 8.72. The van der Waals surface area contributed by atoms with Crippen LogP contribution in [0.1, 0.15) is 25.3 Å². The molecule has 1 aromatic heterocycles. The third-order valence-corrected chi connectivity index (χ3v) is 6.47. The quantitative estimate of drug-likeness (QED) is 0.555. The van der Waals surface area contributed by atoms with E-state index in [1.54, 1.807) is 0 Å². The van der Waals surface area contributed by atoms with E-state index in [9.17, 15) is 13.9 Å². The maximum absolute atomic E-state index is 14.8. The highest BCUT2D eigenvalue weighted by Gasteiger charge is 2.42. The molecule has 0 amide bonds. The molecule has 2 aromatic carbocycles. The van der Waals surface area contributed by atoms with Crippen LogP contribution in [-0.2, 0) is 12.1 Å². The summed E-state index contributed by atoms with van der Waals surface area (Å²) in [4.78, 5) is 6.05. The number of anilines is 1. The summed E-state index contributed by atoms with van der Waals surface area (Å²) >= 11 is 6.07. The first-order chi connectivity index (χ1) is 15.3. The number of hydrogen-bond donors (Lipinski definition) is 2. The number of nitrogens with zero attached hydrogens (tertiary/aromatic N) is 4. The van der Waals surface area contributed by atoms with Gasteiger partial charge in [-0.3, -0.25) is 4.90 Å². The van der Waals surface area contributed by atoms with Gasteiger partial charge in [0, 0.05) is 47.5 Å². The molecule has 0 bridgehead atoms. The Labute approximate surface area is 190 Å². The highest BCUT2D eigenvalue weighted by atomic mass is 35.5. The Morgan fingerprint density at radius 1 is 1.22 bits per heavy atom. The average molecular weight is 462 g/mol. The minimum absolute atomic E-state index is 0.00257. The SMILES string of the molecule is C[C@@H](N1CCC(Nc2cccc(Cl)c2)CC1)[C@](O)(Cn1cncn1)c1ccc(F)cc1F. The number of nitrogens with one attached hydrogen (secondary N) is 1. The average Bonchev–Trinajstić information content (AvgIpc) is 3.26. The van der Waals surface area contributed by atoms with Crippen molar-refractivity contribution in [3.8, 4) is 0 Å². The van der Waals surface area contributed by atoms with Gasteiger partial charge in [0.2, 0.25) is 0 Å². The molecule has 9 heteroatoms. The number of aliphatic hydroxyl groups is 1. The van der Waals surface area contributed by atoms with Crippen LogP contribution in [-0.4, -0.2) is 49.9 Å². The number of likely N-dealkylation sites (tertiary alicyclic amines) is 1. The van der Waals surface area contributed by atoms with Crippen molar-refractivity contribution in [1.29, 1.82) is 0 Å². The molecule has 2 atom stereocenters. The Hall–Kier alpha value is -2.55. The van der Waals surface area contributed by atoms with Crippen molar-refractivity contribution >= 4 is 17.3 Å². The smallest absolute Gasteiger partial charge is 0.137 e. The summed E-state index contributed by atoms with van der Waals surface area (Å²) in [5.41, 5.74) is -0.611. The standard InChI is InChI=1S/C23H26ClF2N5O/c1-16(30-9-7-19(8-10-30)29-20-4-2-3-17(24)11-20)23(32,13-31-15-27-14-28-31)21-6-5-18(25)12-22(21)26/h2-6,11-12,14-16,19,29,32H,7-10,13H2,1H3/t16-,23-/m1/s1. The summed E-state index contributed by atoms with van der Waals surface area (Å²) in [7, 11) is 0. The Kier molecular flexibility index (Phi) is 6.74. The van der Waals surface area contributed by atoms with E-state index in [4.69, 9.17) is 11.6 Å². The molecule has 4 rings (SSSR count). The molecule has 0 spiro atoms. The third kappa shape index (κ3) is 4.92. The number of halogens is 3. The lowest BCUT2D eigenvalue weighted by Crippen LogP contribution is -2.55. The van der Waals surface area contributed by atoms with E-state index >= 15 is 0 Å². The predicted molar refractivity (Wildman–Crippen MR) is 119 cm³/mol. The molecule has 1 aliphatic heterocycles. The minimum Gasteiger partial charge on any atom is -0.382 e. The topological polar surface area (TPSA) is 66.2 Å². The van der Waals surface area contributed by atoms with Crippen LogP contribution < -0.4 is 5.32 Å². The monoisotopic (exact) mass is 461 g/mol. The molecule has 0 radical (unpaired) electrons. The van der Waals surface area contributed by atoms with Crippen LogP contribution in [0.2, 0.25) is 5.02 Å². The fourth-order valence-electron chi connectivity index (χ4n) is 4.39. The zero-order chi connectivity index (χ0) is 22.7. The summed E-state index contributed by atoms with van der Waals surface area (Å²) in [6, 6.07) is 10.7. The molecule has 6 nitrogen and oxygen atoms in total. The predicted octanol–water partition coefficient (Wildman–Crippen LogP) is 4.06. The summed E-state index contributed by atoms with van der Waals surface area (Å²) < 4.78 is 29.8. The van der Waals surface area contributed by atoms with Crippen molar-refractivity contribution in [2.24, 2.45) is 0 Å². The van der Waals surface area contributed by atoms with Crippen LogP contribution in [0.4, 0.5) is 14.5 Å². The van der Waals surface area contributed by atoms with Gasteiger partial charge in [0.25, 0.3) is 0 Å². The van der Waals surface area contributed by atoms with Crippen LogP contribution in [0, 0.1) is 11.6 Å². The van der Waals surface area contributed by atoms with Crippen molar-refractivity contribution in [1.82, 2.24) is 19.7 Å². The highest BCUT2D eigenvalue weighted by Crippen LogP contribution is 2.34. The summed E-state index contributed by atoms with van der Waals surface area (Å²) in [5.74, 6) is -1.47. The number of piperidine rings is 1. The summed E-state index contributed by atoms with van der Waals surface area (Å²) in [5, 5.41) is 20.0.